The number of benzene rings is 1. The van der Waals surface area contributed by atoms with E-state index >= 15 is 0 Å². The number of alkyl halides is 2. The Morgan fingerprint density at radius 3 is 2.55 bits per heavy atom. The number of nitrogens with zero attached hydrogens (tertiary/aromatic N) is 1. The Morgan fingerprint density at radius 2 is 2.10 bits per heavy atom. The van der Waals surface area contributed by atoms with Crippen LogP contribution < -0.4 is 5.32 Å². The number of hydrogen-bond donors (Lipinski definition) is 3. The van der Waals surface area contributed by atoms with Gasteiger partial charge in [0, 0.05) is 17.3 Å². The van der Waals surface area contributed by atoms with E-state index in [9.17, 15) is 23.7 Å². The SMILES string of the molecule is Cc1c(NCC(F)(F)CO)cc(C(=O)O)cc1[N+](=O)[O-]. The van der Waals surface area contributed by atoms with E-state index in [1.165, 1.54) is 6.92 Å². The number of hydrogen-bond acceptors (Lipinski definition) is 5. The van der Waals surface area contributed by atoms with Gasteiger partial charge in [-0.25, -0.2) is 13.6 Å². The highest BCUT2D eigenvalue weighted by atomic mass is 19.3. The van der Waals surface area contributed by atoms with Gasteiger partial charge in [0.1, 0.15) is 6.61 Å². The highest BCUT2D eigenvalue weighted by Crippen LogP contribution is 2.28. The minimum absolute atomic E-state index is 0.0359. The van der Waals surface area contributed by atoms with Crippen molar-refractivity contribution in [3.05, 3.63) is 33.4 Å². The number of aliphatic hydroxyl groups is 1. The van der Waals surface area contributed by atoms with Crippen LogP contribution in [0.4, 0.5) is 20.2 Å². The van der Waals surface area contributed by atoms with Crippen molar-refractivity contribution in [1.82, 2.24) is 0 Å². The van der Waals surface area contributed by atoms with Gasteiger partial charge in [-0.1, -0.05) is 0 Å². The first-order valence-electron chi connectivity index (χ1n) is 5.43. The lowest BCUT2D eigenvalue weighted by Crippen LogP contribution is -2.31. The number of halogens is 2. The predicted molar refractivity (Wildman–Crippen MR) is 65.3 cm³/mol. The molecule has 1 aromatic carbocycles. The lowest BCUT2D eigenvalue weighted by atomic mass is 10.1. The number of nitro groups is 1. The third-order valence-corrected chi connectivity index (χ3v) is 2.59. The van der Waals surface area contributed by atoms with E-state index in [1.54, 1.807) is 0 Å². The zero-order valence-electron chi connectivity index (χ0n) is 10.4. The van der Waals surface area contributed by atoms with Crippen molar-refractivity contribution in [3.63, 3.8) is 0 Å². The van der Waals surface area contributed by atoms with E-state index in [1.807, 2.05) is 0 Å². The first-order chi connectivity index (χ1) is 9.18. The number of carboxylic acid groups (broad SMARTS) is 1. The molecule has 0 saturated heterocycles. The molecule has 0 unspecified atom stereocenters. The van der Waals surface area contributed by atoms with E-state index in [-0.39, 0.29) is 11.3 Å². The topological polar surface area (TPSA) is 113 Å². The van der Waals surface area contributed by atoms with Crippen LogP contribution in [0.1, 0.15) is 15.9 Å². The Hall–Kier alpha value is -2.29. The van der Waals surface area contributed by atoms with Crippen molar-refractivity contribution in [3.8, 4) is 0 Å². The number of rotatable bonds is 6. The van der Waals surface area contributed by atoms with Gasteiger partial charge in [-0.05, 0) is 13.0 Å². The van der Waals surface area contributed by atoms with Gasteiger partial charge in [0.05, 0.1) is 17.0 Å². The summed E-state index contributed by atoms with van der Waals surface area (Å²) in [5.74, 6) is -4.83. The lowest BCUT2D eigenvalue weighted by molar-refractivity contribution is -0.385. The highest BCUT2D eigenvalue weighted by Gasteiger charge is 2.28. The van der Waals surface area contributed by atoms with Gasteiger partial charge in [0.25, 0.3) is 11.6 Å². The van der Waals surface area contributed by atoms with Crippen LogP contribution in [0.5, 0.6) is 0 Å². The molecule has 0 aliphatic carbocycles. The van der Waals surface area contributed by atoms with Gasteiger partial charge in [-0.3, -0.25) is 10.1 Å². The minimum Gasteiger partial charge on any atom is -0.478 e. The maximum absolute atomic E-state index is 12.9. The largest absolute Gasteiger partial charge is 0.478 e. The molecule has 0 radical (unpaired) electrons. The van der Waals surface area contributed by atoms with E-state index in [0.29, 0.717) is 0 Å². The van der Waals surface area contributed by atoms with Crippen LogP contribution in [0.15, 0.2) is 12.1 Å². The maximum Gasteiger partial charge on any atom is 0.336 e. The smallest absolute Gasteiger partial charge is 0.336 e. The molecule has 0 heterocycles. The van der Waals surface area contributed by atoms with Crippen LogP contribution in [-0.2, 0) is 0 Å². The van der Waals surface area contributed by atoms with Crippen LogP contribution in [-0.4, -0.2) is 40.2 Å². The van der Waals surface area contributed by atoms with Gasteiger partial charge in [0.2, 0.25) is 0 Å². The summed E-state index contributed by atoms with van der Waals surface area (Å²) in [5, 5.41) is 30.3. The van der Waals surface area contributed by atoms with Crippen LogP contribution >= 0.6 is 0 Å². The minimum atomic E-state index is -3.42. The van der Waals surface area contributed by atoms with Gasteiger partial charge in [-0.15, -0.1) is 0 Å². The summed E-state index contributed by atoms with van der Waals surface area (Å²) in [7, 11) is 0. The molecule has 7 nitrogen and oxygen atoms in total. The zero-order valence-corrected chi connectivity index (χ0v) is 10.4. The van der Waals surface area contributed by atoms with Gasteiger partial charge < -0.3 is 15.5 Å². The summed E-state index contributed by atoms with van der Waals surface area (Å²) in [6.07, 6.45) is 0. The van der Waals surface area contributed by atoms with E-state index in [0.717, 1.165) is 12.1 Å². The van der Waals surface area contributed by atoms with Crippen molar-refractivity contribution >= 4 is 17.3 Å². The summed E-state index contributed by atoms with van der Waals surface area (Å²) >= 11 is 0. The average molecular weight is 290 g/mol. The van der Waals surface area contributed by atoms with Crippen molar-refractivity contribution in [2.24, 2.45) is 0 Å². The molecule has 0 spiro atoms. The molecule has 0 amide bonds. The molecule has 0 aliphatic rings. The monoisotopic (exact) mass is 290 g/mol. The number of carbonyl (C=O) groups is 1. The van der Waals surface area contributed by atoms with Crippen LogP contribution in [0.25, 0.3) is 0 Å². The molecule has 1 rings (SSSR count). The summed E-state index contributed by atoms with van der Waals surface area (Å²) in [6.45, 7) is -1.05. The molecule has 9 heteroatoms. The Morgan fingerprint density at radius 1 is 1.50 bits per heavy atom. The van der Waals surface area contributed by atoms with Crippen molar-refractivity contribution in [2.75, 3.05) is 18.5 Å². The van der Waals surface area contributed by atoms with Crippen molar-refractivity contribution < 1.29 is 28.7 Å². The third kappa shape index (κ3) is 3.60. The molecule has 0 fully saturated rings. The van der Waals surface area contributed by atoms with E-state index < -0.39 is 41.2 Å². The Bertz CT molecular complexity index is 548. The number of nitro benzene ring substituents is 1. The van der Waals surface area contributed by atoms with Crippen molar-refractivity contribution in [1.29, 1.82) is 0 Å². The number of aliphatic hydroxyl groups excluding tert-OH is 1. The molecule has 20 heavy (non-hydrogen) atoms. The average Bonchev–Trinajstić information content (AvgIpc) is 2.36. The first-order valence-corrected chi connectivity index (χ1v) is 5.43. The number of aromatic carboxylic acids is 1. The molecule has 1 aromatic rings. The van der Waals surface area contributed by atoms with Gasteiger partial charge >= 0.3 is 5.97 Å². The van der Waals surface area contributed by atoms with Gasteiger partial charge in [0.15, 0.2) is 0 Å². The quantitative estimate of drug-likeness (QED) is 0.542. The first kappa shape index (κ1) is 15.8. The standard InChI is InChI=1S/C11H12F2N2O5/c1-6-8(14-4-11(12,13)5-16)2-7(10(17)18)3-9(6)15(19)20/h2-3,14,16H,4-5H2,1H3,(H,17,18). The van der Waals surface area contributed by atoms with Crippen LogP contribution in [0.3, 0.4) is 0 Å². The summed E-state index contributed by atoms with van der Waals surface area (Å²) in [4.78, 5) is 20.9. The molecular weight excluding hydrogens is 278 g/mol. The number of nitrogens with one attached hydrogen (secondary N) is 1. The van der Waals surface area contributed by atoms with Crippen LogP contribution in [0.2, 0.25) is 0 Å². The molecule has 0 atom stereocenters. The summed E-state index contributed by atoms with van der Waals surface area (Å²) in [5.41, 5.74) is -0.935. The molecule has 3 N–H and O–H groups in total. The maximum atomic E-state index is 12.9. The Balaban J connectivity index is 3.18. The molecule has 0 bridgehead atoms. The summed E-state index contributed by atoms with van der Waals surface area (Å²) < 4.78 is 25.9. The second kappa shape index (κ2) is 5.78. The normalized spacial score (nSPS) is 11.2. The second-order valence-corrected chi connectivity index (χ2v) is 4.10. The van der Waals surface area contributed by atoms with Gasteiger partial charge in [-0.2, -0.15) is 0 Å². The molecule has 0 aromatic heterocycles. The van der Waals surface area contributed by atoms with E-state index in [2.05, 4.69) is 5.32 Å². The number of anilines is 1. The zero-order chi connectivity index (χ0) is 15.5. The third-order valence-electron chi connectivity index (χ3n) is 2.59. The fourth-order valence-corrected chi connectivity index (χ4v) is 1.48. The fraction of sp³-hybridized carbons (Fsp3) is 0.364. The molecule has 0 saturated carbocycles. The highest BCUT2D eigenvalue weighted by molar-refractivity contribution is 5.90. The number of carboxylic acids is 1. The lowest BCUT2D eigenvalue weighted by Gasteiger charge is -2.16. The molecule has 110 valence electrons. The predicted octanol–water partition coefficient (Wildman–Crippen LogP) is 1.64. The fourth-order valence-electron chi connectivity index (χ4n) is 1.48. The molecular formula is C11H12F2N2O5. The Labute approximate surface area is 112 Å². The molecule has 0 aliphatic heterocycles. The summed E-state index contributed by atoms with van der Waals surface area (Å²) in [6, 6.07) is 1.88. The van der Waals surface area contributed by atoms with Crippen LogP contribution in [0, 0.1) is 17.0 Å². The second-order valence-electron chi connectivity index (χ2n) is 4.10. The Kier molecular flexibility index (Phi) is 4.56. The van der Waals surface area contributed by atoms with E-state index in [4.69, 9.17) is 10.2 Å². The van der Waals surface area contributed by atoms with Crippen molar-refractivity contribution in [2.45, 2.75) is 12.8 Å².